The summed E-state index contributed by atoms with van der Waals surface area (Å²) in [7, 11) is 1.47. The first-order chi connectivity index (χ1) is 17.1. The van der Waals surface area contributed by atoms with Crippen molar-refractivity contribution < 1.29 is 28.3 Å². The first-order valence-corrected chi connectivity index (χ1v) is 12.1. The van der Waals surface area contributed by atoms with Crippen molar-refractivity contribution in [3.63, 3.8) is 0 Å². The van der Waals surface area contributed by atoms with E-state index in [0.29, 0.717) is 36.1 Å². The third kappa shape index (κ3) is 4.98. The molecule has 4 amide bonds. The van der Waals surface area contributed by atoms with Gasteiger partial charge in [-0.25, -0.2) is 14.0 Å². The summed E-state index contributed by atoms with van der Waals surface area (Å²) in [6, 6.07) is 5.06. The number of hydrogen-bond acceptors (Lipinski definition) is 5. The molecule has 1 aromatic carbocycles. The topological polar surface area (TPSA) is 108 Å². The zero-order chi connectivity index (χ0) is 26.0. The molecule has 1 fully saturated rings. The molecule has 1 unspecified atom stereocenters. The van der Waals surface area contributed by atoms with Crippen LogP contribution in [0.4, 0.5) is 14.0 Å². The van der Waals surface area contributed by atoms with Crippen LogP contribution in [-0.4, -0.2) is 71.9 Å². The van der Waals surface area contributed by atoms with Crippen LogP contribution in [0, 0.1) is 11.7 Å². The van der Waals surface area contributed by atoms with Crippen LogP contribution in [0.1, 0.15) is 32.3 Å². The van der Waals surface area contributed by atoms with E-state index < -0.39 is 23.8 Å². The number of fused-ring (bicyclic) bond motifs is 1. The van der Waals surface area contributed by atoms with Gasteiger partial charge in [-0.15, -0.1) is 0 Å². The van der Waals surface area contributed by atoms with Crippen molar-refractivity contribution in [3.05, 3.63) is 58.9 Å². The second kappa shape index (κ2) is 10.1. The molecule has 1 spiro atoms. The molecule has 0 radical (unpaired) electrons. The van der Waals surface area contributed by atoms with Gasteiger partial charge in [-0.05, 0) is 24.8 Å². The summed E-state index contributed by atoms with van der Waals surface area (Å²) >= 11 is 0. The zero-order valence-corrected chi connectivity index (χ0v) is 20.7. The van der Waals surface area contributed by atoms with E-state index in [4.69, 9.17) is 4.74 Å². The summed E-state index contributed by atoms with van der Waals surface area (Å²) in [5, 5.41) is 5.01. The lowest BCUT2D eigenvalue weighted by atomic mass is 9.89. The number of amides is 4. The smallest absolute Gasteiger partial charge is 0.411 e. The Morgan fingerprint density at radius 3 is 2.72 bits per heavy atom. The second-order valence-corrected chi connectivity index (χ2v) is 9.79. The van der Waals surface area contributed by atoms with E-state index in [9.17, 15) is 23.6 Å². The van der Waals surface area contributed by atoms with Crippen LogP contribution in [0.5, 0.6) is 0 Å². The molecule has 0 bridgehead atoms. The van der Waals surface area contributed by atoms with Gasteiger partial charge in [0.25, 0.3) is 0 Å². The van der Waals surface area contributed by atoms with Gasteiger partial charge in [-0.3, -0.25) is 14.5 Å². The number of ether oxygens (including phenoxy) is 1. The Kier molecular flexibility index (Phi) is 7.14. The lowest BCUT2D eigenvalue weighted by Gasteiger charge is -2.28. The van der Waals surface area contributed by atoms with E-state index in [2.05, 4.69) is 10.6 Å². The Hall–Kier alpha value is -3.69. The van der Waals surface area contributed by atoms with Gasteiger partial charge < -0.3 is 20.3 Å². The molecule has 1 saturated heterocycles. The standard InChI is InChI=1S/C26H31FN4O5/c1-16(2)12-30(13-17-6-4-5-7-20(17)27)22(32)14-31-15-26(36-25(31)35)11-10-18-19(26)8-9-21(23(18)33)29-24(34)28-3/h4-9,16,21H,10-15H2,1-3H3,(H2,28,29,34)/t21?,26-/m0/s1. The van der Waals surface area contributed by atoms with Crippen LogP contribution < -0.4 is 10.6 Å². The van der Waals surface area contributed by atoms with Crippen molar-refractivity contribution >= 4 is 23.8 Å². The molecule has 0 aromatic heterocycles. The first-order valence-electron chi connectivity index (χ1n) is 12.1. The molecule has 2 N–H and O–H groups in total. The van der Waals surface area contributed by atoms with E-state index in [-0.39, 0.29) is 43.1 Å². The zero-order valence-electron chi connectivity index (χ0n) is 20.7. The second-order valence-electron chi connectivity index (χ2n) is 9.79. The van der Waals surface area contributed by atoms with Gasteiger partial charge in [0, 0.05) is 36.8 Å². The Balaban J connectivity index is 1.47. The number of benzene rings is 1. The number of ketones is 1. The average Bonchev–Trinajstić information content (AvgIpc) is 3.35. The lowest BCUT2D eigenvalue weighted by molar-refractivity contribution is -0.133. The molecule has 2 atom stereocenters. The maximum Gasteiger partial charge on any atom is 0.411 e. The molecule has 1 heterocycles. The molecule has 1 aliphatic heterocycles. The Morgan fingerprint density at radius 1 is 1.28 bits per heavy atom. The summed E-state index contributed by atoms with van der Waals surface area (Å²) in [4.78, 5) is 53.5. The van der Waals surface area contributed by atoms with E-state index in [1.165, 1.54) is 18.0 Å². The maximum atomic E-state index is 14.2. The van der Waals surface area contributed by atoms with Crippen molar-refractivity contribution in [2.75, 3.05) is 26.7 Å². The molecule has 4 rings (SSSR count). The number of rotatable bonds is 7. The highest BCUT2D eigenvalue weighted by atomic mass is 19.1. The van der Waals surface area contributed by atoms with E-state index in [0.717, 1.165) is 0 Å². The van der Waals surface area contributed by atoms with Gasteiger partial charge in [-0.2, -0.15) is 0 Å². The van der Waals surface area contributed by atoms with Crippen LogP contribution in [0.25, 0.3) is 0 Å². The van der Waals surface area contributed by atoms with Gasteiger partial charge in [-0.1, -0.05) is 44.2 Å². The lowest BCUT2D eigenvalue weighted by Crippen LogP contribution is -2.46. The molecular weight excluding hydrogens is 467 g/mol. The van der Waals surface area contributed by atoms with Gasteiger partial charge in [0.05, 0.1) is 6.54 Å². The van der Waals surface area contributed by atoms with Crippen molar-refractivity contribution in [3.8, 4) is 0 Å². The van der Waals surface area contributed by atoms with Crippen LogP contribution >= 0.6 is 0 Å². The number of Topliss-reactive ketones (excluding diaryl/α,β-unsaturated/α-hetero) is 1. The van der Waals surface area contributed by atoms with Crippen LogP contribution in [-0.2, 0) is 20.9 Å². The van der Waals surface area contributed by atoms with Gasteiger partial charge in [0.1, 0.15) is 18.4 Å². The minimum absolute atomic E-state index is 0.101. The normalized spacial score (nSPS) is 22.8. The predicted octanol–water partition coefficient (Wildman–Crippen LogP) is 2.53. The van der Waals surface area contributed by atoms with E-state index >= 15 is 0 Å². The minimum atomic E-state index is -1.01. The summed E-state index contributed by atoms with van der Waals surface area (Å²) < 4.78 is 20.0. The van der Waals surface area contributed by atoms with Crippen molar-refractivity contribution in [2.24, 2.45) is 5.92 Å². The van der Waals surface area contributed by atoms with Gasteiger partial charge in [0.2, 0.25) is 5.91 Å². The molecule has 1 aromatic rings. The van der Waals surface area contributed by atoms with E-state index in [1.807, 2.05) is 13.8 Å². The SMILES string of the molecule is CNC(=O)NC1C=CC2=C(CC[C@]23CN(CC(=O)N(Cc2ccccc2F)CC(C)C)C(=O)O3)C1=O. The molecular formula is C26H31FN4O5. The monoisotopic (exact) mass is 498 g/mol. The molecule has 0 saturated carbocycles. The number of hydrogen-bond donors (Lipinski definition) is 2. The third-order valence-electron chi connectivity index (χ3n) is 6.71. The number of nitrogens with one attached hydrogen (secondary N) is 2. The summed E-state index contributed by atoms with van der Waals surface area (Å²) in [6.45, 7) is 4.37. The number of carbonyl (C=O) groups excluding carboxylic acids is 4. The van der Waals surface area contributed by atoms with Gasteiger partial charge >= 0.3 is 12.1 Å². The average molecular weight is 499 g/mol. The molecule has 36 heavy (non-hydrogen) atoms. The van der Waals surface area contributed by atoms with Gasteiger partial charge in [0.15, 0.2) is 11.4 Å². The third-order valence-corrected chi connectivity index (χ3v) is 6.71. The van der Waals surface area contributed by atoms with Crippen LogP contribution in [0.15, 0.2) is 47.6 Å². The molecule has 2 aliphatic carbocycles. The van der Waals surface area contributed by atoms with Crippen molar-refractivity contribution in [2.45, 2.75) is 44.9 Å². The Labute approximate surface area is 209 Å². The highest BCUT2D eigenvalue weighted by Crippen LogP contribution is 2.45. The Bertz CT molecular complexity index is 1150. The fraction of sp³-hybridized carbons (Fsp3) is 0.462. The maximum absolute atomic E-state index is 14.2. The number of carbonyl (C=O) groups is 4. The number of urea groups is 1. The number of halogens is 1. The minimum Gasteiger partial charge on any atom is -0.436 e. The highest BCUT2D eigenvalue weighted by molar-refractivity contribution is 6.05. The van der Waals surface area contributed by atoms with Crippen molar-refractivity contribution in [1.82, 2.24) is 20.4 Å². The first kappa shape index (κ1) is 25.4. The highest BCUT2D eigenvalue weighted by Gasteiger charge is 2.53. The molecule has 9 nitrogen and oxygen atoms in total. The summed E-state index contributed by atoms with van der Waals surface area (Å²) in [6.07, 6.45) is 3.52. The Morgan fingerprint density at radius 2 is 2.03 bits per heavy atom. The predicted molar refractivity (Wildman–Crippen MR) is 129 cm³/mol. The van der Waals surface area contributed by atoms with Crippen LogP contribution in [0.2, 0.25) is 0 Å². The number of nitrogens with zero attached hydrogens (tertiary/aromatic N) is 2. The van der Waals surface area contributed by atoms with Crippen molar-refractivity contribution in [1.29, 1.82) is 0 Å². The molecule has 192 valence electrons. The quantitative estimate of drug-likeness (QED) is 0.601. The van der Waals surface area contributed by atoms with Crippen LogP contribution in [0.3, 0.4) is 0 Å². The largest absolute Gasteiger partial charge is 0.436 e. The summed E-state index contributed by atoms with van der Waals surface area (Å²) in [5.74, 6) is -0.776. The molecule has 10 heteroatoms. The molecule has 3 aliphatic rings. The van der Waals surface area contributed by atoms with E-state index in [1.54, 1.807) is 35.3 Å². The summed E-state index contributed by atoms with van der Waals surface area (Å²) in [5.41, 5.74) is 0.547. The fourth-order valence-corrected chi connectivity index (χ4v) is 4.99. The fourth-order valence-electron chi connectivity index (χ4n) is 4.99.